The molecule has 0 bridgehead atoms. The van der Waals surface area contributed by atoms with Gasteiger partial charge in [0.2, 0.25) is 0 Å². The molecule has 1 aromatic heterocycles. The summed E-state index contributed by atoms with van der Waals surface area (Å²) in [4.78, 5) is 29.6. The molecule has 0 aliphatic carbocycles. The lowest BCUT2D eigenvalue weighted by atomic mass is 9.97. The normalized spacial score (nSPS) is 13.8. The van der Waals surface area contributed by atoms with Crippen LogP contribution >= 0.6 is 0 Å². The van der Waals surface area contributed by atoms with Crippen LogP contribution in [0.4, 0.5) is 4.79 Å². The molecule has 1 N–H and O–H groups in total. The van der Waals surface area contributed by atoms with Crippen LogP contribution in [0.15, 0.2) is 12.4 Å². The molecule has 0 fully saturated rings. The zero-order valence-corrected chi connectivity index (χ0v) is 12.7. The van der Waals surface area contributed by atoms with E-state index in [1.165, 1.54) is 7.11 Å². The molecule has 1 aromatic rings. The smallest absolute Gasteiger partial charge is 0.409 e. The Labute approximate surface area is 124 Å². The van der Waals surface area contributed by atoms with E-state index >= 15 is 0 Å². The van der Waals surface area contributed by atoms with Gasteiger partial charge in [0.1, 0.15) is 0 Å². The minimum absolute atomic E-state index is 0.0976. The molecular weight excluding hydrogens is 270 g/mol. The summed E-state index contributed by atoms with van der Waals surface area (Å²) >= 11 is 0. The Morgan fingerprint density at radius 3 is 2.86 bits per heavy atom. The molecular formula is C15H21N3O3. The number of hydrogen-bond donors (Lipinski definition) is 1. The van der Waals surface area contributed by atoms with Crippen LogP contribution in [0, 0.1) is 5.92 Å². The van der Waals surface area contributed by atoms with Crippen LogP contribution in [-0.2, 0) is 17.7 Å². The summed E-state index contributed by atoms with van der Waals surface area (Å²) in [6, 6.07) is 0. The van der Waals surface area contributed by atoms with E-state index in [0.717, 1.165) is 11.1 Å². The fourth-order valence-electron chi connectivity index (χ4n) is 2.37. The third-order valence-electron chi connectivity index (χ3n) is 3.49. The van der Waals surface area contributed by atoms with Crippen molar-refractivity contribution in [1.82, 2.24) is 15.2 Å². The van der Waals surface area contributed by atoms with Crippen LogP contribution in [-0.4, -0.2) is 42.1 Å². The van der Waals surface area contributed by atoms with E-state index in [4.69, 9.17) is 4.74 Å². The highest BCUT2D eigenvalue weighted by molar-refractivity contribution is 5.95. The van der Waals surface area contributed by atoms with Crippen molar-refractivity contribution in [1.29, 1.82) is 0 Å². The lowest BCUT2D eigenvalue weighted by Crippen LogP contribution is -2.37. The van der Waals surface area contributed by atoms with Gasteiger partial charge >= 0.3 is 6.09 Å². The van der Waals surface area contributed by atoms with Gasteiger partial charge in [0.05, 0.1) is 19.2 Å². The molecule has 0 aromatic carbocycles. The van der Waals surface area contributed by atoms with E-state index in [0.29, 0.717) is 37.5 Å². The molecule has 2 heterocycles. The fraction of sp³-hybridized carbons (Fsp3) is 0.533. The van der Waals surface area contributed by atoms with E-state index in [2.05, 4.69) is 10.3 Å². The summed E-state index contributed by atoms with van der Waals surface area (Å²) in [5.41, 5.74) is 2.49. The first-order valence-electron chi connectivity index (χ1n) is 7.09. The number of rotatable bonds is 3. The second-order valence-corrected chi connectivity index (χ2v) is 5.57. The van der Waals surface area contributed by atoms with E-state index in [1.54, 1.807) is 17.3 Å². The molecule has 0 unspecified atom stereocenters. The average Bonchev–Trinajstić information content (AvgIpc) is 2.50. The molecule has 21 heavy (non-hydrogen) atoms. The zero-order chi connectivity index (χ0) is 15.4. The van der Waals surface area contributed by atoms with Crippen molar-refractivity contribution < 1.29 is 14.3 Å². The monoisotopic (exact) mass is 291 g/mol. The number of pyridine rings is 1. The minimum atomic E-state index is -0.352. The third-order valence-corrected chi connectivity index (χ3v) is 3.49. The van der Waals surface area contributed by atoms with E-state index in [9.17, 15) is 9.59 Å². The van der Waals surface area contributed by atoms with Crippen LogP contribution in [0.3, 0.4) is 0 Å². The standard InChI is InChI=1S/C15H21N3O3/c1-10(2)6-17-14(19)13-8-16-7-11-9-18(15(20)21-3)5-4-12(11)13/h7-8,10H,4-6,9H2,1-3H3,(H,17,19). The number of carbonyl (C=O) groups excluding carboxylic acids is 2. The summed E-state index contributed by atoms with van der Waals surface area (Å²) in [6.45, 7) is 5.71. The molecule has 6 nitrogen and oxygen atoms in total. The van der Waals surface area contributed by atoms with E-state index < -0.39 is 0 Å². The molecule has 0 atom stereocenters. The van der Waals surface area contributed by atoms with Crippen LogP contribution in [0.2, 0.25) is 0 Å². The van der Waals surface area contributed by atoms with Gasteiger partial charge in [-0.2, -0.15) is 0 Å². The van der Waals surface area contributed by atoms with Gasteiger partial charge < -0.3 is 15.0 Å². The molecule has 0 saturated heterocycles. The maximum absolute atomic E-state index is 12.2. The molecule has 2 amide bonds. The van der Waals surface area contributed by atoms with Crippen molar-refractivity contribution in [3.8, 4) is 0 Å². The fourth-order valence-corrected chi connectivity index (χ4v) is 2.37. The zero-order valence-electron chi connectivity index (χ0n) is 12.7. The summed E-state index contributed by atoms with van der Waals surface area (Å²) in [5.74, 6) is 0.302. The number of ether oxygens (including phenoxy) is 1. The Morgan fingerprint density at radius 2 is 2.19 bits per heavy atom. The Morgan fingerprint density at radius 1 is 1.43 bits per heavy atom. The highest BCUT2D eigenvalue weighted by atomic mass is 16.5. The van der Waals surface area contributed by atoms with Gasteiger partial charge in [0, 0.05) is 25.5 Å². The SMILES string of the molecule is COC(=O)N1CCc2c(cncc2C(=O)NCC(C)C)C1. The predicted octanol–water partition coefficient (Wildman–Crippen LogP) is 1.59. The minimum Gasteiger partial charge on any atom is -0.453 e. The van der Waals surface area contributed by atoms with Gasteiger partial charge in [0.15, 0.2) is 0 Å². The maximum Gasteiger partial charge on any atom is 0.409 e. The highest BCUT2D eigenvalue weighted by Crippen LogP contribution is 2.22. The van der Waals surface area contributed by atoms with Gasteiger partial charge in [-0.05, 0) is 23.5 Å². The van der Waals surface area contributed by atoms with Crippen molar-refractivity contribution in [3.05, 3.63) is 29.1 Å². The summed E-state index contributed by atoms with van der Waals surface area (Å²) < 4.78 is 4.73. The van der Waals surface area contributed by atoms with E-state index in [1.807, 2.05) is 13.8 Å². The second-order valence-electron chi connectivity index (χ2n) is 5.57. The molecule has 0 spiro atoms. The largest absolute Gasteiger partial charge is 0.453 e. The van der Waals surface area contributed by atoms with Gasteiger partial charge in [-0.1, -0.05) is 13.8 Å². The van der Waals surface area contributed by atoms with Crippen LogP contribution in [0.1, 0.15) is 35.3 Å². The molecule has 0 radical (unpaired) electrons. The van der Waals surface area contributed by atoms with Gasteiger partial charge in [-0.25, -0.2) is 4.79 Å². The van der Waals surface area contributed by atoms with Crippen molar-refractivity contribution in [2.75, 3.05) is 20.2 Å². The quantitative estimate of drug-likeness (QED) is 0.918. The first-order valence-corrected chi connectivity index (χ1v) is 7.09. The number of carbonyl (C=O) groups is 2. The van der Waals surface area contributed by atoms with Crippen molar-refractivity contribution >= 4 is 12.0 Å². The second kappa shape index (κ2) is 6.56. The number of nitrogens with one attached hydrogen (secondary N) is 1. The Kier molecular flexibility index (Phi) is 4.77. The van der Waals surface area contributed by atoms with Crippen LogP contribution in [0.5, 0.6) is 0 Å². The van der Waals surface area contributed by atoms with Crippen molar-refractivity contribution in [2.45, 2.75) is 26.8 Å². The van der Waals surface area contributed by atoms with Crippen LogP contribution in [0.25, 0.3) is 0 Å². The van der Waals surface area contributed by atoms with Crippen molar-refractivity contribution in [2.24, 2.45) is 5.92 Å². The Balaban J connectivity index is 2.17. The topological polar surface area (TPSA) is 71.5 Å². The van der Waals surface area contributed by atoms with Gasteiger partial charge in [0.25, 0.3) is 5.91 Å². The first-order chi connectivity index (χ1) is 10.0. The molecule has 1 aliphatic heterocycles. The summed E-state index contributed by atoms with van der Waals surface area (Å²) in [7, 11) is 1.37. The Hall–Kier alpha value is -2.11. The number of amides is 2. The predicted molar refractivity (Wildman–Crippen MR) is 77.9 cm³/mol. The van der Waals surface area contributed by atoms with Crippen molar-refractivity contribution in [3.63, 3.8) is 0 Å². The number of aromatic nitrogens is 1. The lowest BCUT2D eigenvalue weighted by Gasteiger charge is -2.28. The third kappa shape index (κ3) is 3.51. The molecule has 0 saturated carbocycles. The number of nitrogens with zero attached hydrogens (tertiary/aromatic N) is 2. The average molecular weight is 291 g/mol. The number of hydrogen-bond acceptors (Lipinski definition) is 4. The van der Waals surface area contributed by atoms with Crippen LogP contribution < -0.4 is 5.32 Å². The summed E-state index contributed by atoms with van der Waals surface area (Å²) in [5, 5.41) is 2.91. The maximum atomic E-state index is 12.2. The lowest BCUT2D eigenvalue weighted by molar-refractivity contribution is 0.0946. The first kappa shape index (κ1) is 15.3. The molecule has 114 valence electrons. The highest BCUT2D eigenvalue weighted by Gasteiger charge is 2.25. The molecule has 2 rings (SSSR count). The number of fused-ring (bicyclic) bond motifs is 1. The van der Waals surface area contributed by atoms with Gasteiger partial charge in [-0.15, -0.1) is 0 Å². The molecule has 6 heteroatoms. The summed E-state index contributed by atoms with van der Waals surface area (Å²) in [6.07, 6.45) is 3.60. The number of methoxy groups -OCH3 is 1. The van der Waals surface area contributed by atoms with Gasteiger partial charge in [-0.3, -0.25) is 9.78 Å². The molecule has 1 aliphatic rings. The van der Waals surface area contributed by atoms with E-state index in [-0.39, 0.29) is 12.0 Å². The Bertz CT molecular complexity index is 543.